The number of ether oxygens (including phenoxy) is 2. The number of fused-ring (bicyclic) bond motifs is 1. The van der Waals surface area contributed by atoms with Gasteiger partial charge in [-0.1, -0.05) is 32.9 Å². The van der Waals surface area contributed by atoms with Gasteiger partial charge in [0.25, 0.3) is 5.91 Å². The van der Waals surface area contributed by atoms with Crippen LogP contribution in [0.25, 0.3) is 0 Å². The van der Waals surface area contributed by atoms with Crippen molar-refractivity contribution in [2.75, 3.05) is 33.8 Å². The maximum Gasteiger partial charge on any atom is 0.290 e. The van der Waals surface area contributed by atoms with Gasteiger partial charge in [0.05, 0.1) is 24.1 Å². The fraction of sp³-hybridized carbons (Fsp3) is 0.643. The summed E-state index contributed by atoms with van der Waals surface area (Å²) in [5.74, 6) is 1.96. The van der Waals surface area contributed by atoms with E-state index in [1.165, 1.54) is 0 Å². The number of carbonyl (C=O) groups excluding carboxylic acids is 2. The Morgan fingerprint density at radius 2 is 2.00 bits per heavy atom. The molecule has 4 atom stereocenters. The van der Waals surface area contributed by atoms with Gasteiger partial charge in [0.1, 0.15) is 11.9 Å². The van der Waals surface area contributed by atoms with E-state index in [2.05, 4.69) is 25.7 Å². The molecule has 4 rings (SSSR count). The lowest BCUT2D eigenvalue weighted by molar-refractivity contribution is -0.136. The van der Waals surface area contributed by atoms with Crippen molar-refractivity contribution in [3.8, 4) is 5.75 Å². The highest BCUT2D eigenvalue weighted by atomic mass is 16.5. The Morgan fingerprint density at radius 1 is 1.21 bits per heavy atom. The van der Waals surface area contributed by atoms with Crippen LogP contribution in [0.1, 0.15) is 64.5 Å². The van der Waals surface area contributed by atoms with E-state index in [-0.39, 0.29) is 23.7 Å². The highest BCUT2D eigenvalue weighted by Gasteiger charge is 2.52. The largest absolute Gasteiger partial charge is 0.494 e. The number of carbonyl (C=O) groups is 2. The molecule has 2 aliphatic heterocycles. The summed E-state index contributed by atoms with van der Waals surface area (Å²) >= 11 is 0. The number of ketones is 1. The SMILES string of the molecule is CC(C)CCOc1cccc(C2C3=C(OC4CCC(C)CC4C3=O)C(=O)N2CCCN(C)C)c1. The summed E-state index contributed by atoms with van der Waals surface area (Å²) < 4.78 is 12.3. The average Bonchev–Trinajstić information content (AvgIpc) is 3.06. The summed E-state index contributed by atoms with van der Waals surface area (Å²) in [4.78, 5) is 31.3. The first kappa shape index (κ1) is 24.8. The van der Waals surface area contributed by atoms with Crippen LogP contribution in [-0.4, -0.2) is 61.4 Å². The molecule has 1 fully saturated rings. The van der Waals surface area contributed by atoms with Crippen molar-refractivity contribution in [2.24, 2.45) is 17.8 Å². The first-order valence-corrected chi connectivity index (χ1v) is 12.9. The van der Waals surface area contributed by atoms with Crippen LogP contribution < -0.4 is 4.74 Å². The van der Waals surface area contributed by atoms with E-state index in [9.17, 15) is 9.59 Å². The third-order valence-electron chi connectivity index (χ3n) is 7.35. The number of amides is 1. The summed E-state index contributed by atoms with van der Waals surface area (Å²) in [5.41, 5.74) is 1.48. The molecule has 6 nitrogen and oxygen atoms in total. The minimum absolute atomic E-state index is 0.109. The molecule has 1 saturated carbocycles. The van der Waals surface area contributed by atoms with E-state index in [0.29, 0.717) is 36.3 Å². The summed E-state index contributed by atoms with van der Waals surface area (Å²) in [6.45, 7) is 8.66. The predicted octanol–water partition coefficient (Wildman–Crippen LogP) is 4.60. The van der Waals surface area contributed by atoms with Gasteiger partial charge in [-0.3, -0.25) is 9.59 Å². The van der Waals surface area contributed by atoms with Crippen LogP contribution in [-0.2, 0) is 14.3 Å². The normalized spacial score (nSPS) is 26.7. The zero-order valence-corrected chi connectivity index (χ0v) is 21.4. The van der Waals surface area contributed by atoms with Crippen molar-refractivity contribution < 1.29 is 19.1 Å². The number of Topliss-reactive ketones (excluding diaryl/α,β-unsaturated/α-hetero) is 1. The Kier molecular flexibility index (Phi) is 7.66. The van der Waals surface area contributed by atoms with Gasteiger partial charge in [0.2, 0.25) is 0 Å². The van der Waals surface area contributed by atoms with E-state index in [1.54, 1.807) is 0 Å². The number of nitrogens with zero attached hydrogens (tertiary/aromatic N) is 2. The monoisotopic (exact) mass is 468 g/mol. The second-order valence-corrected chi connectivity index (χ2v) is 10.9. The van der Waals surface area contributed by atoms with Crippen molar-refractivity contribution in [1.29, 1.82) is 0 Å². The number of rotatable bonds is 9. The van der Waals surface area contributed by atoms with E-state index >= 15 is 0 Å². The quantitative estimate of drug-likeness (QED) is 0.530. The van der Waals surface area contributed by atoms with Crippen molar-refractivity contribution in [3.63, 3.8) is 0 Å². The predicted molar refractivity (Wildman–Crippen MR) is 132 cm³/mol. The molecule has 186 valence electrons. The third-order valence-corrected chi connectivity index (χ3v) is 7.35. The highest BCUT2D eigenvalue weighted by molar-refractivity contribution is 6.11. The Morgan fingerprint density at radius 3 is 2.74 bits per heavy atom. The molecule has 3 aliphatic rings. The standard InChI is InChI=1S/C28H40N2O4/c1-18(2)12-15-33-21-9-6-8-20(17-21)25-24-26(31)22-16-19(3)10-11-23(22)34-27(24)28(32)30(25)14-7-13-29(4)5/h6,8-9,17-19,22-23,25H,7,10-16H2,1-5H3. The van der Waals surface area contributed by atoms with Crippen molar-refractivity contribution in [3.05, 3.63) is 41.2 Å². The van der Waals surface area contributed by atoms with Crippen LogP contribution in [0.2, 0.25) is 0 Å². The van der Waals surface area contributed by atoms with Gasteiger partial charge >= 0.3 is 0 Å². The molecule has 4 unspecified atom stereocenters. The topological polar surface area (TPSA) is 59.1 Å². The average molecular weight is 469 g/mol. The maximum absolute atomic E-state index is 13.8. The molecule has 34 heavy (non-hydrogen) atoms. The van der Waals surface area contributed by atoms with Crippen molar-refractivity contribution in [1.82, 2.24) is 9.80 Å². The van der Waals surface area contributed by atoms with Crippen LogP contribution in [0.4, 0.5) is 0 Å². The van der Waals surface area contributed by atoms with E-state index < -0.39 is 6.04 Å². The van der Waals surface area contributed by atoms with Crippen LogP contribution in [0.5, 0.6) is 5.75 Å². The van der Waals surface area contributed by atoms with E-state index in [0.717, 1.165) is 50.0 Å². The second kappa shape index (κ2) is 10.5. The van der Waals surface area contributed by atoms with Gasteiger partial charge < -0.3 is 19.3 Å². The minimum atomic E-state index is -0.413. The van der Waals surface area contributed by atoms with Crippen LogP contribution in [0, 0.1) is 17.8 Å². The van der Waals surface area contributed by atoms with E-state index in [4.69, 9.17) is 9.47 Å². The minimum Gasteiger partial charge on any atom is -0.494 e. The Balaban J connectivity index is 1.65. The molecule has 2 heterocycles. The summed E-state index contributed by atoms with van der Waals surface area (Å²) in [7, 11) is 4.06. The molecule has 0 bridgehead atoms. The number of hydrogen-bond acceptors (Lipinski definition) is 5. The molecule has 1 aromatic rings. The van der Waals surface area contributed by atoms with Crippen LogP contribution >= 0.6 is 0 Å². The van der Waals surface area contributed by atoms with Crippen LogP contribution in [0.15, 0.2) is 35.6 Å². The van der Waals surface area contributed by atoms with Gasteiger partial charge in [0.15, 0.2) is 11.5 Å². The molecule has 1 amide bonds. The number of hydrogen-bond donors (Lipinski definition) is 0. The van der Waals surface area contributed by atoms with Gasteiger partial charge in [-0.25, -0.2) is 0 Å². The smallest absolute Gasteiger partial charge is 0.290 e. The molecular weight excluding hydrogens is 428 g/mol. The first-order valence-electron chi connectivity index (χ1n) is 12.9. The molecule has 0 radical (unpaired) electrons. The second-order valence-electron chi connectivity index (χ2n) is 10.9. The zero-order valence-electron chi connectivity index (χ0n) is 21.4. The Hall–Kier alpha value is -2.34. The first-order chi connectivity index (χ1) is 16.3. The zero-order chi connectivity index (χ0) is 24.4. The number of benzene rings is 1. The molecule has 0 spiro atoms. The summed E-state index contributed by atoms with van der Waals surface area (Å²) in [6.07, 6.45) is 4.35. The van der Waals surface area contributed by atoms with Gasteiger partial charge in [0, 0.05) is 6.54 Å². The van der Waals surface area contributed by atoms with Gasteiger partial charge in [-0.15, -0.1) is 0 Å². The van der Waals surface area contributed by atoms with Crippen LogP contribution in [0.3, 0.4) is 0 Å². The van der Waals surface area contributed by atoms with Gasteiger partial charge in [-0.05, 0) is 82.3 Å². The lowest BCUT2D eigenvalue weighted by atomic mass is 9.74. The summed E-state index contributed by atoms with van der Waals surface area (Å²) in [5, 5.41) is 0. The molecular formula is C28H40N2O4. The lowest BCUT2D eigenvalue weighted by Gasteiger charge is -2.37. The van der Waals surface area contributed by atoms with Crippen molar-refractivity contribution in [2.45, 2.75) is 65.0 Å². The fourth-order valence-electron chi connectivity index (χ4n) is 5.45. The maximum atomic E-state index is 13.8. The molecule has 1 aromatic carbocycles. The van der Waals surface area contributed by atoms with E-state index in [1.807, 2.05) is 43.3 Å². The van der Waals surface area contributed by atoms with Crippen molar-refractivity contribution >= 4 is 11.7 Å². The third kappa shape index (κ3) is 5.17. The molecule has 1 aliphatic carbocycles. The molecule has 6 heteroatoms. The Labute approximate surface area is 204 Å². The van der Waals surface area contributed by atoms with Gasteiger partial charge in [-0.2, -0.15) is 0 Å². The summed E-state index contributed by atoms with van der Waals surface area (Å²) in [6, 6.07) is 7.50. The molecule has 0 saturated heterocycles. The highest BCUT2D eigenvalue weighted by Crippen LogP contribution is 2.47. The molecule has 0 aromatic heterocycles. The molecule has 0 N–H and O–H groups in total. The fourth-order valence-corrected chi connectivity index (χ4v) is 5.45. The lowest BCUT2D eigenvalue weighted by Crippen LogP contribution is -2.41. The Bertz CT molecular complexity index is 938.